The maximum absolute atomic E-state index is 4.63. The van der Waals surface area contributed by atoms with E-state index in [1.807, 2.05) is 0 Å². The Labute approximate surface area is 101 Å². The molecular formula is C13H18N2S. The molecule has 16 heavy (non-hydrogen) atoms. The second-order valence-corrected chi connectivity index (χ2v) is 5.15. The van der Waals surface area contributed by atoms with E-state index < -0.39 is 0 Å². The summed E-state index contributed by atoms with van der Waals surface area (Å²) < 4.78 is 0. The van der Waals surface area contributed by atoms with E-state index in [0.29, 0.717) is 5.92 Å². The molecule has 1 aliphatic heterocycles. The first-order valence-corrected chi connectivity index (χ1v) is 6.65. The summed E-state index contributed by atoms with van der Waals surface area (Å²) in [5.41, 5.74) is 2.76. The highest BCUT2D eigenvalue weighted by Gasteiger charge is 2.12. The molecular weight excluding hydrogens is 216 g/mol. The second kappa shape index (κ2) is 5.30. The molecule has 0 unspecified atom stereocenters. The van der Waals surface area contributed by atoms with Crippen LogP contribution in [0.3, 0.4) is 0 Å². The first kappa shape index (κ1) is 11.4. The largest absolute Gasteiger partial charge is 0.370 e. The van der Waals surface area contributed by atoms with Crippen LogP contribution in [0.5, 0.6) is 0 Å². The zero-order valence-electron chi connectivity index (χ0n) is 9.86. The van der Waals surface area contributed by atoms with Crippen molar-refractivity contribution in [3.63, 3.8) is 0 Å². The fourth-order valence-corrected chi connectivity index (χ4v) is 2.53. The van der Waals surface area contributed by atoms with Crippen LogP contribution in [0.2, 0.25) is 0 Å². The van der Waals surface area contributed by atoms with Gasteiger partial charge < -0.3 is 5.32 Å². The number of nitrogens with one attached hydrogen (secondary N) is 1. The van der Waals surface area contributed by atoms with Gasteiger partial charge in [0.1, 0.15) is 5.84 Å². The summed E-state index contributed by atoms with van der Waals surface area (Å²) in [6.45, 7) is 6.14. The maximum atomic E-state index is 4.63. The lowest BCUT2D eigenvalue weighted by molar-refractivity contribution is 0.731. The normalized spacial score (nSPS) is 18.1. The molecule has 3 heteroatoms. The lowest BCUT2D eigenvalue weighted by atomic mass is 10.0. The molecule has 0 saturated heterocycles. The summed E-state index contributed by atoms with van der Waals surface area (Å²) in [4.78, 5) is 4.63. The van der Waals surface area contributed by atoms with E-state index in [1.165, 1.54) is 11.1 Å². The molecule has 86 valence electrons. The molecule has 0 amide bonds. The van der Waals surface area contributed by atoms with E-state index in [1.54, 1.807) is 11.3 Å². The first-order chi connectivity index (χ1) is 7.75. The predicted molar refractivity (Wildman–Crippen MR) is 71.2 cm³/mol. The van der Waals surface area contributed by atoms with Crippen molar-refractivity contribution in [3.8, 4) is 0 Å². The summed E-state index contributed by atoms with van der Waals surface area (Å²) in [6, 6.07) is 2.20. The van der Waals surface area contributed by atoms with Crippen LogP contribution in [0.4, 0.5) is 0 Å². The smallest absolute Gasteiger partial charge is 0.100 e. The second-order valence-electron chi connectivity index (χ2n) is 4.37. The summed E-state index contributed by atoms with van der Waals surface area (Å²) >= 11 is 1.76. The summed E-state index contributed by atoms with van der Waals surface area (Å²) in [6.07, 6.45) is 3.29. The molecule has 1 atom stereocenters. The quantitative estimate of drug-likeness (QED) is 0.799. The molecule has 0 radical (unpaired) electrons. The van der Waals surface area contributed by atoms with Gasteiger partial charge in [0.05, 0.1) is 6.54 Å². The van der Waals surface area contributed by atoms with Crippen molar-refractivity contribution < 1.29 is 0 Å². The van der Waals surface area contributed by atoms with E-state index in [0.717, 1.165) is 25.3 Å². The van der Waals surface area contributed by atoms with Gasteiger partial charge in [-0.2, -0.15) is 11.3 Å². The van der Waals surface area contributed by atoms with E-state index in [9.17, 15) is 0 Å². The van der Waals surface area contributed by atoms with Crippen molar-refractivity contribution in [2.24, 2.45) is 10.9 Å². The average molecular weight is 234 g/mol. The Kier molecular flexibility index (Phi) is 3.78. The minimum Gasteiger partial charge on any atom is -0.370 e. The molecule has 1 aliphatic rings. The van der Waals surface area contributed by atoms with Crippen molar-refractivity contribution in [1.29, 1.82) is 0 Å². The van der Waals surface area contributed by atoms with Crippen LogP contribution in [0.1, 0.15) is 19.4 Å². The zero-order valence-corrected chi connectivity index (χ0v) is 10.7. The molecule has 2 heterocycles. The molecule has 0 bridgehead atoms. The third-order valence-electron chi connectivity index (χ3n) is 2.82. The highest BCUT2D eigenvalue weighted by Crippen LogP contribution is 2.13. The van der Waals surface area contributed by atoms with Gasteiger partial charge in [0.2, 0.25) is 0 Å². The van der Waals surface area contributed by atoms with Gasteiger partial charge in [0.25, 0.3) is 0 Å². The molecule has 1 N–H and O–H groups in total. The van der Waals surface area contributed by atoms with Crippen LogP contribution >= 0.6 is 11.3 Å². The molecule has 1 aromatic heterocycles. The Morgan fingerprint density at radius 1 is 1.56 bits per heavy atom. The van der Waals surface area contributed by atoms with Gasteiger partial charge in [-0.1, -0.05) is 18.6 Å². The van der Waals surface area contributed by atoms with Gasteiger partial charge in [0, 0.05) is 12.5 Å². The maximum Gasteiger partial charge on any atom is 0.100 e. The minimum atomic E-state index is 0.480. The van der Waals surface area contributed by atoms with Crippen LogP contribution in [0, 0.1) is 5.92 Å². The van der Waals surface area contributed by atoms with Gasteiger partial charge >= 0.3 is 0 Å². The van der Waals surface area contributed by atoms with Gasteiger partial charge in [0.15, 0.2) is 0 Å². The van der Waals surface area contributed by atoms with Crippen molar-refractivity contribution in [2.75, 3.05) is 13.1 Å². The molecule has 0 spiro atoms. The van der Waals surface area contributed by atoms with Crippen molar-refractivity contribution >= 4 is 17.2 Å². The molecule has 1 aromatic rings. The Morgan fingerprint density at radius 3 is 3.19 bits per heavy atom. The Hall–Kier alpha value is -1.09. The summed E-state index contributed by atoms with van der Waals surface area (Å²) in [5, 5.41) is 7.76. The number of amidine groups is 1. The van der Waals surface area contributed by atoms with Crippen molar-refractivity contribution in [3.05, 3.63) is 34.0 Å². The van der Waals surface area contributed by atoms with E-state index in [2.05, 4.69) is 47.1 Å². The zero-order chi connectivity index (χ0) is 11.4. The van der Waals surface area contributed by atoms with Gasteiger partial charge in [-0.05, 0) is 35.7 Å². The molecule has 2 rings (SSSR count). The van der Waals surface area contributed by atoms with Crippen LogP contribution in [-0.2, 0) is 6.42 Å². The third-order valence-corrected chi connectivity index (χ3v) is 3.55. The molecule has 0 aliphatic carbocycles. The lowest BCUT2D eigenvalue weighted by Gasteiger charge is -2.14. The van der Waals surface area contributed by atoms with E-state index in [4.69, 9.17) is 0 Å². The Bertz CT molecular complexity index is 390. The fraction of sp³-hybridized carbons (Fsp3) is 0.462. The van der Waals surface area contributed by atoms with Gasteiger partial charge in [-0.3, -0.25) is 4.99 Å². The standard InChI is InChI=1S/C13H18N2S/c1-10-3-5-14-13(15-8-10)11(2)7-12-4-6-16-9-12/h3-4,6,9,11H,5,7-8H2,1-2H3,(H,14,15)/t11-/m0/s1. The van der Waals surface area contributed by atoms with Crippen molar-refractivity contribution in [2.45, 2.75) is 20.3 Å². The summed E-state index contributed by atoms with van der Waals surface area (Å²) in [7, 11) is 0. The van der Waals surface area contributed by atoms with Crippen molar-refractivity contribution in [1.82, 2.24) is 5.32 Å². The molecule has 0 saturated carbocycles. The molecule has 2 nitrogen and oxygen atoms in total. The number of thiophene rings is 1. The van der Waals surface area contributed by atoms with Crippen LogP contribution in [-0.4, -0.2) is 18.9 Å². The highest BCUT2D eigenvalue weighted by atomic mass is 32.1. The minimum absolute atomic E-state index is 0.480. The predicted octanol–water partition coefficient (Wildman–Crippen LogP) is 2.87. The van der Waals surface area contributed by atoms with Crippen LogP contribution in [0.15, 0.2) is 33.5 Å². The average Bonchev–Trinajstić information content (AvgIpc) is 2.66. The number of hydrogen-bond donors (Lipinski definition) is 1. The SMILES string of the molecule is CC1=CCNC([C@@H](C)Cc2ccsc2)=NC1. The van der Waals surface area contributed by atoms with Gasteiger partial charge in [-0.25, -0.2) is 0 Å². The van der Waals surface area contributed by atoms with Gasteiger partial charge in [-0.15, -0.1) is 0 Å². The van der Waals surface area contributed by atoms with Crippen LogP contribution in [0.25, 0.3) is 0 Å². The number of hydrogen-bond acceptors (Lipinski definition) is 3. The molecule has 0 fully saturated rings. The fourth-order valence-electron chi connectivity index (χ4n) is 1.85. The monoisotopic (exact) mass is 234 g/mol. The topological polar surface area (TPSA) is 24.4 Å². The molecule has 0 aromatic carbocycles. The van der Waals surface area contributed by atoms with E-state index in [-0.39, 0.29) is 0 Å². The number of aliphatic imine (C=N–C) groups is 1. The Morgan fingerprint density at radius 2 is 2.44 bits per heavy atom. The number of nitrogens with zero attached hydrogens (tertiary/aromatic N) is 1. The van der Waals surface area contributed by atoms with Crippen LogP contribution < -0.4 is 5.32 Å². The summed E-state index contributed by atoms with van der Waals surface area (Å²) in [5.74, 6) is 1.63. The third kappa shape index (κ3) is 2.95. The first-order valence-electron chi connectivity index (χ1n) is 5.70. The Balaban J connectivity index is 1.97. The number of rotatable bonds is 3. The van der Waals surface area contributed by atoms with E-state index >= 15 is 0 Å². The highest BCUT2D eigenvalue weighted by molar-refractivity contribution is 7.07. The lowest BCUT2D eigenvalue weighted by Crippen LogP contribution is -2.30.